The molecular formula is C14H19N3S. The van der Waals surface area contributed by atoms with E-state index in [1.54, 1.807) is 17.7 Å². The van der Waals surface area contributed by atoms with Crippen molar-refractivity contribution in [3.05, 3.63) is 28.2 Å². The maximum atomic E-state index is 4.48. The third-order valence-electron chi connectivity index (χ3n) is 2.79. The summed E-state index contributed by atoms with van der Waals surface area (Å²) >= 11 is 1.76. The van der Waals surface area contributed by atoms with Crippen molar-refractivity contribution in [3.8, 4) is 11.3 Å². The van der Waals surface area contributed by atoms with Gasteiger partial charge in [-0.25, -0.2) is 9.97 Å². The fourth-order valence-corrected chi connectivity index (χ4v) is 2.72. The Kier molecular flexibility index (Phi) is 4.31. The van der Waals surface area contributed by atoms with Crippen LogP contribution in [0.1, 0.15) is 30.7 Å². The molecule has 2 heterocycles. The molecule has 0 saturated heterocycles. The third kappa shape index (κ3) is 2.70. The first-order chi connectivity index (χ1) is 8.76. The van der Waals surface area contributed by atoms with Gasteiger partial charge in [-0.2, -0.15) is 0 Å². The quantitative estimate of drug-likeness (QED) is 0.887. The van der Waals surface area contributed by atoms with Gasteiger partial charge in [-0.15, -0.1) is 11.3 Å². The molecule has 3 nitrogen and oxygen atoms in total. The minimum Gasteiger partial charge on any atom is -0.370 e. The van der Waals surface area contributed by atoms with Crippen molar-refractivity contribution < 1.29 is 0 Å². The van der Waals surface area contributed by atoms with Crippen LogP contribution in [0.2, 0.25) is 0 Å². The van der Waals surface area contributed by atoms with E-state index in [4.69, 9.17) is 0 Å². The molecule has 0 saturated carbocycles. The summed E-state index contributed by atoms with van der Waals surface area (Å²) in [7, 11) is 0. The molecule has 0 bridgehead atoms. The molecule has 96 valence electrons. The number of rotatable bonds is 5. The predicted molar refractivity (Wildman–Crippen MR) is 78.2 cm³/mol. The molecule has 18 heavy (non-hydrogen) atoms. The summed E-state index contributed by atoms with van der Waals surface area (Å²) in [6.45, 7) is 7.29. The van der Waals surface area contributed by atoms with Crippen molar-refractivity contribution in [3.63, 3.8) is 0 Å². The Bertz CT molecular complexity index is 520. The second-order valence-corrected chi connectivity index (χ2v) is 5.39. The maximum Gasteiger partial charge on any atom is 0.133 e. The summed E-state index contributed by atoms with van der Waals surface area (Å²) in [6, 6.07) is 2.20. The van der Waals surface area contributed by atoms with Crippen molar-refractivity contribution >= 4 is 17.2 Å². The zero-order valence-corrected chi connectivity index (χ0v) is 12.0. The van der Waals surface area contributed by atoms with Crippen LogP contribution < -0.4 is 5.32 Å². The molecular weight excluding hydrogens is 242 g/mol. The van der Waals surface area contributed by atoms with Gasteiger partial charge >= 0.3 is 0 Å². The highest BCUT2D eigenvalue weighted by molar-refractivity contribution is 7.10. The van der Waals surface area contributed by atoms with Gasteiger partial charge in [-0.1, -0.05) is 13.3 Å². The van der Waals surface area contributed by atoms with Crippen molar-refractivity contribution in [2.75, 3.05) is 11.9 Å². The highest BCUT2D eigenvalue weighted by atomic mass is 32.1. The number of aryl methyl sites for hydroxylation is 1. The topological polar surface area (TPSA) is 37.8 Å². The Labute approximate surface area is 112 Å². The molecule has 0 aliphatic rings. The molecule has 0 aliphatic carbocycles. The Hall–Kier alpha value is -1.42. The van der Waals surface area contributed by atoms with Crippen LogP contribution in [0.5, 0.6) is 0 Å². The van der Waals surface area contributed by atoms with Gasteiger partial charge in [0.05, 0.1) is 5.69 Å². The SMILES string of the molecule is CCCc1c(NCC)ncnc1-c1csc(C)c1. The fraction of sp³-hybridized carbons (Fsp3) is 0.429. The monoisotopic (exact) mass is 261 g/mol. The van der Waals surface area contributed by atoms with Gasteiger partial charge in [-0.05, 0) is 26.3 Å². The normalized spacial score (nSPS) is 10.6. The van der Waals surface area contributed by atoms with E-state index in [0.717, 1.165) is 30.9 Å². The van der Waals surface area contributed by atoms with Crippen molar-refractivity contribution in [1.29, 1.82) is 0 Å². The minimum atomic E-state index is 0.885. The maximum absolute atomic E-state index is 4.48. The molecule has 0 fully saturated rings. The Morgan fingerprint density at radius 1 is 1.28 bits per heavy atom. The number of anilines is 1. The van der Waals surface area contributed by atoms with Crippen molar-refractivity contribution in [2.45, 2.75) is 33.6 Å². The summed E-state index contributed by atoms with van der Waals surface area (Å²) in [5.41, 5.74) is 3.52. The third-order valence-corrected chi connectivity index (χ3v) is 3.65. The smallest absolute Gasteiger partial charge is 0.133 e. The lowest BCUT2D eigenvalue weighted by Gasteiger charge is -2.12. The summed E-state index contributed by atoms with van der Waals surface area (Å²) in [5, 5.41) is 5.50. The summed E-state index contributed by atoms with van der Waals surface area (Å²) in [5.74, 6) is 0.980. The molecule has 2 aromatic rings. The van der Waals surface area contributed by atoms with E-state index in [9.17, 15) is 0 Å². The number of aromatic nitrogens is 2. The van der Waals surface area contributed by atoms with Gasteiger partial charge < -0.3 is 5.32 Å². The molecule has 2 aromatic heterocycles. The Morgan fingerprint density at radius 3 is 2.72 bits per heavy atom. The van der Waals surface area contributed by atoms with Gasteiger partial charge in [-0.3, -0.25) is 0 Å². The molecule has 0 spiro atoms. The van der Waals surface area contributed by atoms with E-state index in [1.807, 2.05) is 0 Å². The number of hydrogen-bond acceptors (Lipinski definition) is 4. The lowest BCUT2D eigenvalue weighted by molar-refractivity contribution is 0.902. The lowest BCUT2D eigenvalue weighted by Crippen LogP contribution is -2.06. The number of hydrogen-bond donors (Lipinski definition) is 1. The average molecular weight is 261 g/mol. The number of nitrogens with zero attached hydrogens (tertiary/aromatic N) is 2. The molecule has 2 rings (SSSR count). The predicted octanol–water partition coefficient (Wildman–Crippen LogP) is 3.90. The Balaban J connectivity index is 2.48. The number of thiophene rings is 1. The first-order valence-corrected chi connectivity index (χ1v) is 7.27. The van der Waals surface area contributed by atoms with Gasteiger partial charge in [0.25, 0.3) is 0 Å². The van der Waals surface area contributed by atoms with Gasteiger partial charge in [0.15, 0.2) is 0 Å². The standard InChI is InChI=1S/C14H19N3S/c1-4-6-12-13(11-7-10(3)18-8-11)16-9-17-14(12)15-5-2/h7-9H,4-6H2,1-3H3,(H,15,16,17). The van der Waals surface area contributed by atoms with Crippen LogP contribution in [0.3, 0.4) is 0 Å². The second-order valence-electron chi connectivity index (χ2n) is 4.28. The molecule has 0 aliphatic heterocycles. The van der Waals surface area contributed by atoms with Crippen LogP contribution in [-0.2, 0) is 6.42 Å². The van der Waals surface area contributed by atoms with Crippen molar-refractivity contribution in [2.24, 2.45) is 0 Å². The molecule has 0 unspecified atom stereocenters. The molecule has 4 heteroatoms. The van der Waals surface area contributed by atoms with Gasteiger partial charge in [0, 0.05) is 27.9 Å². The van der Waals surface area contributed by atoms with E-state index in [1.165, 1.54) is 16.0 Å². The van der Waals surface area contributed by atoms with Gasteiger partial charge in [0.2, 0.25) is 0 Å². The highest BCUT2D eigenvalue weighted by Gasteiger charge is 2.12. The highest BCUT2D eigenvalue weighted by Crippen LogP contribution is 2.30. The van der Waals surface area contributed by atoms with E-state index in [0.29, 0.717) is 0 Å². The second kappa shape index (κ2) is 5.96. The fourth-order valence-electron chi connectivity index (χ4n) is 2.04. The van der Waals surface area contributed by atoms with Crippen LogP contribution in [0.4, 0.5) is 5.82 Å². The van der Waals surface area contributed by atoms with Crippen LogP contribution >= 0.6 is 11.3 Å². The van der Waals surface area contributed by atoms with Crippen LogP contribution in [0.15, 0.2) is 17.8 Å². The summed E-state index contributed by atoms with van der Waals surface area (Å²) in [6.07, 6.45) is 3.76. The summed E-state index contributed by atoms with van der Waals surface area (Å²) in [4.78, 5) is 10.2. The van der Waals surface area contributed by atoms with Crippen molar-refractivity contribution in [1.82, 2.24) is 9.97 Å². The van der Waals surface area contributed by atoms with Crippen LogP contribution in [0.25, 0.3) is 11.3 Å². The van der Waals surface area contributed by atoms with E-state index >= 15 is 0 Å². The largest absolute Gasteiger partial charge is 0.370 e. The first-order valence-electron chi connectivity index (χ1n) is 6.39. The summed E-state index contributed by atoms with van der Waals surface area (Å²) < 4.78 is 0. The van der Waals surface area contributed by atoms with Crippen LogP contribution in [0, 0.1) is 6.92 Å². The molecule has 0 aromatic carbocycles. The van der Waals surface area contributed by atoms with E-state index in [2.05, 4.69) is 47.5 Å². The zero-order chi connectivity index (χ0) is 13.0. The van der Waals surface area contributed by atoms with Crippen LogP contribution in [-0.4, -0.2) is 16.5 Å². The molecule has 0 amide bonds. The molecule has 0 radical (unpaired) electrons. The van der Waals surface area contributed by atoms with E-state index in [-0.39, 0.29) is 0 Å². The average Bonchev–Trinajstić information content (AvgIpc) is 2.78. The number of nitrogens with one attached hydrogen (secondary N) is 1. The minimum absolute atomic E-state index is 0.885. The van der Waals surface area contributed by atoms with E-state index < -0.39 is 0 Å². The molecule has 0 atom stereocenters. The first kappa shape index (κ1) is 13.0. The zero-order valence-electron chi connectivity index (χ0n) is 11.2. The lowest BCUT2D eigenvalue weighted by atomic mass is 10.0. The molecule has 1 N–H and O–H groups in total. The van der Waals surface area contributed by atoms with Gasteiger partial charge in [0.1, 0.15) is 12.1 Å². The Morgan fingerprint density at radius 2 is 2.11 bits per heavy atom.